The minimum Gasteiger partial charge on any atom is -0.377 e. The second-order valence-electron chi connectivity index (χ2n) is 7.89. The molecule has 1 heterocycles. The lowest BCUT2D eigenvalue weighted by molar-refractivity contribution is -0.122. The first-order valence-electron chi connectivity index (χ1n) is 11.1. The molecule has 2 aromatic rings. The Balaban J connectivity index is 1.46. The molecule has 1 saturated heterocycles. The zero-order chi connectivity index (χ0) is 21.9. The van der Waals surface area contributed by atoms with Crippen LogP contribution in [0.3, 0.4) is 0 Å². The average molecular weight is 424 g/mol. The maximum Gasteiger partial charge on any atom is 0.253 e. The standard InChI is InChI=1S/C25H33N3O3/c1-2-17-31-20-23-12-7-6-11-22(23)18-26-24(29)19-27-13-8-14-28(16-15-27)25(30)21-9-4-3-5-10-21/h3-7,9-12H,2,8,13-20H2,1H3,(H,26,29). The molecule has 0 aromatic heterocycles. The largest absolute Gasteiger partial charge is 0.377 e. The van der Waals surface area contributed by atoms with Crippen molar-refractivity contribution in [2.45, 2.75) is 32.9 Å². The van der Waals surface area contributed by atoms with Crippen LogP contribution in [0.1, 0.15) is 41.3 Å². The Morgan fingerprint density at radius 2 is 1.68 bits per heavy atom. The van der Waals surface area contributed by atoms with Gasteiger partial charge in [0.1, 0.15) is 0 Å². The third kappa shape index (κ3) is 7.19. The zero-order valence-corrected chi connectivity index (χ0v) is 18.4. The number of carbonyl (C=O) groups is 2. The van der Waals surface area contributed by atoms with Gasteiger partial charge in [-0.15, -0.1) is 0 Å². The summed E-state index contributed by atoms with van der Waals surface area (Å²) in [4.78, 5) is 29.2. The molecule has 3 rings (SSSR count). The summed E-state index contributed by atoms with van der Waals surface area (Å²) in [6.07, 6.45) is 1.85. The minimum atomic E-state index is 0.00659. The molecule has 0 bridgehead atoms. The molecule has 0 unspecified atom stereocenters. The molecule has 31 heavy (non-hydrogen) atoms. The van der Waals surface area contributed by atoms with E-state index in [1.165, 1.54) is 0 Å². The molecule has 0 radical (unpaired) electrons. The Morgan fingerprint density at radius 3 is 2.45 bits per heavy atom. The van der Waals surface area contributed by atoms with E-state index in [-0.39, 0.29) is 11.8 Å². The van der Waals surface area contributed by atoms with Gasteiger partial charge in [0.15, 0.2) is 0 Å². The SMILES string of the molecule is CCCOCc1ccccc1CNC(=O)CN1CCCN(C(=O)c2ccccc2)CC1. The Kier molecular flexibility index (Phi) is 9.06. The van der Waals surface area contributed by atoms with E-state index in [0.29, 0.717) is 32.8 Å². The number of benzene rings is 2. The molecule has 6 nitrogen and oxygen atoms in total. The molecule has 2 aromatic carbocycles. The average Bonchev–Trinajstić information content (AvgIpc) is 3.04. The Morgan fingerprint density at radius 1 is 0.935 bits per heavy atom. The predicted molar refractivity (Wildman–Crippen MR) is 122 cm³/mol. The molecule has 0 saturated carbocycles. The van der Waals surface area contributed by atoms with E-state index in [4.69, 9.17) is 4.74 Å². The van der Waals surface area contributed by atoms with E-state index >= 15 is 0 Å². The number of nitrogens with one attached hydrogen (secondary N) is 1. The molecular formula is C25H33N3O3. The van der Waals surface area contributed by atoms with Crippen LogP contribution in [0.2, 0.25) is 0 Å². The lowest BCUT2D eigenvalue weighted by Gasteiger charge is -2.22. The highest BCUT2D eigenvalue weighted by Gasteiger charge is 2.21. The summed E-state index contributed by atoms with van der Waals surface area (Å²) >= 11 is 0. The van der Waals surface area contributed by atoms with Gasteiger partial charge >= 0.3 is 0 Å². The van der Waals surface area contributed by atoms with Crippen LogP contribution in [0.15, 0.2) is 54.6 Å². The highest BCUT2D eigenvalue weighted by Crippen LogP contribution is 2.11. The zero-order valence-electron chi connectivity index (χ0n) is 18.4. The van der Waals surface area contributed by atoms with E-state index < -0.39 is 0 Å². The van der Waals surface area contributed by atoms with Gasteiger partial charge in [-0.2, -0.15) is 0 Å². The lowest BCUT2D eigenvalue weighted by Crippen LogP contribution is -2.40. The van der Waals surface area contributed by atoms with Gasteiger partial charge in [0.2, 0.25) is 5.91 Å². The number of rotatable bonds is 9. The van der Waals surface area contributed by atoms with Crippen LogP contribution in [0.4, 0.5) is 0 Å². The van der Waals surface area contributed by atoms with Crippen LogP contribution >= 0.6 is 0 Å². The highest BCUT2D eigenvalue weighted by molar-refractivity contribution is 5.94. The van der Waals surface area contributed by atoms with Crippen molar-refractivity contribution in [3.63, 3.8) is 0 Å². The van der Waals surface area contributed by atoms with Crippen molar-refractivity contribution in [3.05, 3.63) is 71.3 Å². The summed E-state index contributed by atoms with van der Waals surface area (Å²) in [5, 5.41) is 3.04. The fourth-order valence-electron chi connectivity index (χ4n) is 3.75. The van der Waals surface area contributed by atoms with Gasteiger partial charge < -0.3 is 15.0 Å². The van der Waals surface area contributed by atoms with Crippen molar-refractivity contribution in [1.29, 1.82) is 0 Å². The number of ether oxygens (including phenoxy) is 1. The van der Waals surface area contributed by atoms with Crippen molar-refractivity contribution in [2.24, 2.45) is 0 Å². The molecule has 1 aliphatic rings. The van der Waals surface area contributed by atoms with Crippen molar-refractivity contribution in [1.82, 2.24) is 15.1 Å². The lowest BCUT2D eigenvalue weighted by atomic mass is 10.1. The fraction of sp³-hybridized carbons (Fsp3) is 0.440. The Labute approximate surface area is 185 Å². The summed E-state index contributed by atoms with van der Waals surface area (Å²) in [7, 11) is 0. The van der Waals surface area contributed by atoms with Gasteiger partial charge in [0.05, 0.1) is 13.2 Å². The number of hydrogen-bond donors (Lipinski definition) is 1. The molecule has 1 N–H and O–H groups in total. The normalized spacial score (nSPS) is 14.8. The first kappa shape index (κ1) is 23.0. The van der Waals surface area contributed by atoms with Crippen LogP contribution in [0.25, 0.3) is 0 Å². The molecule has 6 heteroatoms. The second kappa shape index (κ2) is 12.2. The van der Waals surface area contributed by atoms with Crippen molar-refractivity contribution < 1.29 is 14.3 Å². The molecule has 1 fully saturated rings. The van der Waals surface area contributed by atoms with Crippen molar-refractivity contribution in [3.8, 4) is 0 Å². The van der Waals surface area contributed by atoms with Gasteiger partial charge in [-0.3, -0.25) is 14.5 Å². The molecule has 166 valence electrons. The third-order valence-electron chi connectivity index (χ3n) is 5.46. The van der Waals surface area contributed by atoms with E-state index in [0.717, 1.165) is 49.2 Å². The number of nitrogens with zero attached hydrogens (tertiary/aromatic N) is 2. The van der Waals surface area contributed by atoms with Gasteiger partial charge in [0.25, 0.3) is 5.91 Å². The number of carbonyl (C=O) groups excluding carboxylic acids is 2. The van der Waals surface area contributed by atoms with Gasteiger partial charge in [-0.05, 0) is 36.1 Å². The predicted octanol–water partition coefficient (Wildman–Crippen LogP) is 3.08. The van der Waals surface area contributed by atoms with Gasteiger partial charge in [-0.25, -0.2) is 0 Å². The van der Waals surface area contributed by atoms with Crippen LogP contribution in [0, 0.1) is 0 Å². The van der Waals surface area contributed by atoms with E-state index in [1.54, 1.807) is 0 Å². The second-order valence-corrected chi connectivity index (χ2v) is 7.89. The first-order valence-corrected chi connectivity index (χ1v) is 11.1. The number of hydrogen-bond acceptors (Lipinski definition) is 4. The molecule has 0 aliphatic carbocycles. The molecule has 0 atom stereocenters. The van der Waals surface area contributed by atoms with E-state index in [9.17, 15) is 9.59 Å². The monoisotopic (exact) mass is 423 g/mol. The molecule has 1 aliphatic heterocycles. The molecule has 0 spiro atoms. The quantitative estimate of drug-likeness (QED) is 0.630. The number of amides is 2. The van der Waals surface area contributed by atoms with E-state index in [2.05, 4.69) is 17.1 Å². The smallest absolute Gasteiger partial charge is 0.253 e. The van der Waals surface area contributed by atoms with Gasteiger partial charge in [0, 0.05) is 44.9 Å². The van der Waals surface area contributed by atoms with Crippen LogP contribution < -0.4 is 5.32 Å². The maximum absolute atomic E-state index is 12.7. The van der Waals surface area contributed by atoms with Crippen LogP contribution in [-0.4, -0.2) is 60.9 Å². The van der Waals surface area contributed by atoms with Gasteiger partial charge in [-0.1, -0.05) is 49.4 Å². The topological polar surface area (TPSA) is 61.9 Å². The Hall–Kier alpha value is -2.70. The third-order valence-corrected chi connectivity index (χ3v) is 5.46. The highest BCUT2D eigenvalue weighted by atomic mass is 16.5. The first-order chi connectivity index (χ1) is 15.2. The molecular weight excluding hydrogens is 390 g/mol. The summed E-state index contributed by atoms with van der Waals surface area (Å²) in [5.41, 5.74) is 2.92. The fourth-order valence-corrected chi connectivity index (χ4v) is 3.75. The summed E-state index contributed by atoms with van der Waals surface area (Å²) in [5.74, 6) is 0.0703. The Bertz CT molecular complexity index is 841. The van der Waals surface area contributed by atoms with Crippen LogP contribution in [0.5, 0.6) is 0 Å². The molecule has 2 amide bonds. The summed E-state index contributed by atoms with van der Waals surface area (Å²) in [6.45, 7) is 7.11. The van der Waals surface area contributed by atoms with Crippen molar-refractivity contribution in [2.75, 3.05) is 39.3 Å². The summed E-state index contributed by atoms with van der Waals surface area (Å²) < 4.78 is 5.66. The van der Waals surface area contributed by atoms with E-state index in [1.807, 2.05) is 59.5 Å². The maximum atomic E-state index is 12.7. The van der Waals surface area contributed by atoms with Crippen molar-refractivity contribution >= 4 is 11.8 Å². The summed E-state index contributed by atoms with van der Waals surface area (Å²) in [6, 6.07) is 17.4. The minimum absolute atomic E-state index is 0.00659. The van der Waals surface area contributed by atoms with Crippen LogP contribution in [-0.2, 0) is 22.7 Å².